The normalized spacial score (nSPS) is 16.1. The van der Waals surface area contributed by atoms with Crippen LogP contribution in [0.3, 0.4) is 0 Å². The van der Waals surface area contributed by atoms with E-state index in [1.54, 1.807) is 35.6 Å². The summed E-state index contributed by atoms with van der Waals surface area (Å²) in [7, 11) is 0. The van der Waals surface area contributed by atoms with Crippen LogP contribution in [0.2, 0.25) is 0 Å². The molecule has 140 valence electrons. The maximum Gasteiger partial charge on any atom is 0.262 e. The predicted molar refractivity (Wildman–Crippen MR) is 102 cm³/mol. The van der Waals surface area contributed by atoms with Crippen LogP contribution in [0.1, 0.15) is 39.3 Å². The number of anilines is 1. The van der Waals surface area contributed by atoms with Crippen molar-refractivity contribution in [2.24, 2.45) is 0 Å². The van der Waals surface area contributed by atoms with Crippen LogP contribution < -0.4 is 10.2 Å². The van der Waals surface area contributed by atoms with Gasteiger partial charge in [-0.1, -0.05) is 12.1 Å². The van der Waals surface area contributed by atoms with E-state index in [1.807, 2.05) is 5.38 Å². The van der Waals surface area contributed by atoms with Crippen molar-refractivity contribution in [1.82, 2.24) is 15.2 Å². The number of hydrogen-bond donors (Lipinski definition) is 1. The molecule has 3 heterocycles. The molecule has 7 nitrogen and oxygen atoms in total. The maximum atomic E-state index is 12.3. The lowest BCUT2D eigenvalue weighted by Crippen LogP contribution is -2.40. The van der Waals surface area contributed by atoms with E-state index < -0.39 is 11.8 Å². The van der Waals surface area contributed by atoms with E-state index in [9.17, 15) is 14.4 Å². The highest BCUT2D eigenvalue weighted by atomic mass is 32.1. The molecular formula is C19H20N4O3S. The molecule has 0 unspecified atom stereocenters. The van der Waals surface area contributed by atoms with Crippen molar-refractivity contribution in [2.45, 2.75) is 19.3 Å². The quantitative estimate of drug-likeness (QED) is 0.767. The molecule has 2 aromatic rings. The van der Waals surface area contributed by atoms with Crippen LogP contribution in [-0.4, -0.2) is 53.8 Å². The van der Waals surface area contributed by atoms with Crippen LogP contribution in [0.4, 0.5) is 5.13 Å². The zero-order valence-electron chi connectivity index (χ0n) is 14.8. The van der Waals surface area contributed by atoms with Gasteiger partial charge in [-0.05, 0) is 25.0 Å². The summed E-state index contributed by atoms with van der Waals surface area (Å²) >= 11 is 1.63. The Balaban J connectivity index is 1.27. The van der Waals surface area contributed by atoms with Gasteiger partial charge in [0.15, 0.2) is 5.13 Å². The first-order valence-electron chi connectivity index (χ1n) is 9.05. The van der Waals surface area contributed by atoms with Crippen molar-refractivity contribution >= 4 is 34.2 Å². The van der Waals surface area contributed by atoms with Gasteiger partial charge < -0.3 is 10.2 Å². The van der Waals surface area contributed by atoms with Crippen molar-refractivity contribution in [3.63, 3.8) is 0 Å². The number of aromatic nitrogens is 1. The molecule has 1 saturated heterocycles. The molecule has 3 amide bonds. The summed E-state index contributed by atoms with van der Waals surface area (Å²) < 4.78 is 0. The summed E-state index contributed by atoms with van der Waals surface area (Å²) in [4.78, 5) is 44.6. The highest BCUT2D eigenvalue weighted by molar-refractivity contribution is 7.13. The second-order valence-electron chi connectivity index (χ2n) is 6.66. The molecule has 0 spiro atoms. The van der Waals surface area contributed by atoms with Gasteiger partial charge >= 0.3 is 0 Å². The number of amides is 3. The highest BCUT2D eigenvalue weighted by Crippen LogP contribution is 2.24. The van der Waals surface area contributed by atoms with E-state index in [1.165, 1.54) is 12.8 Å². The maximum absolute atomic E-state index is 12.3. The first-order valence-corrected chi connectivity index (χ1v) is 9.93. The fraction of sp³-hybridized carbons (Fsp3) is 0.368. The largest absolute Gasteiger partial charge is 0.354 e. The van der Waals surface area contributed by atoms with Crippen molar-refractivity contribution in [3.05, 3.63) is 46.5 Å². The minimum atomic E-state index is -0.416. The summed E-state index contributed by atoms with van der Waals surface area (Å²) in [5.41, 5.74) is 1.65. The van der Waals surface area contributed by atoms with Gasteiger partial charge in [-0.25, -0.2) is 4.98 Å². The number of carbonyl (C=O) groups excluding carboxylic acids is 3. The van der Waals surface area contributed by atoms with Gasteiger partial charge in [0.05, 0.1) is 16.8 Å². The second-order valence-corrected chi connectivity index (χ2v) is 7.49. The average Bonchev–Trinajstić information content (AvgIpc) is 3.40. The number of hydrogen-bond acceptors (Lipinski definition) is 6. The Morgan fingerprint density at radius 1 is 1.11 bits per heavy atom. The minimum absolute atomic E-state index is 0.261. The van der Waals surface area contributed by atoms with Crippen LogP contribution in [0.15, 0.2) is 29.6 Å². The third kappa shape index (κ3) is 3.57. The third-order valence-corrected chi connectivity index (χ3v) is 5.75. The van der Waals surface area contributed by atoms with Gasteiger partial charge in [0.1, 0.15) is 6.54 Å². The third-order valence-electron chi connectivity index (χ3n) is 4.80. The molecule has 27 heavy (non-hydrogen) atoms. The standard InChI is InChI=1S/C19H20N4O3S/c24-16(11-23-17(25)14-5-1-2-6-15(14)18(23)26)20-8-7-13-12-27-19(21-13)22-9-3-4-10-22/h1-2,5-6,12H,3-4,7-11H2,(H,20,24). The monoisotopic (exact) mass is 384 g/mol. The van der Waals surface area contributed by atoms with E-state index in [-0.39, 0.29) is 12.5 Å². The molecule has 0 saturated carbocycles. The Hall–Kier alpha value is -2.74. The first-order chi connectivity index (χ1) is 13.1. The van der Waals surface area contributed by atoms with E-state index in [0.717, 1.165) is 28.8 Å². The van der Waals surface area contributed by atoms with Gasteiger partial charge in [-0.3, -0.25) is 19.3 Å². The highest BCUT2D eigenvalue weighted by Gasteiger charge is 2.36. The van der Waals surface area contributed by atoms with Crippen LogP contribution in [0, 0.1) is 0 Å². The minimum Gasteiger partial charge on any atom is -0.354 e. The van der Waals surface area contributed by atoms with E-state index in [2.05, 4.69) is 15.2 Å². The number of rotatable bonds is 6. The summed E-state index contributed by atoms with van der Waals surface area (Å²) in [6.45, 7) is 2.28. The van der Waals surface area contributed by atoms with Crippen LogP contribution in [0.25, 0.3) is 0 Å². The summed E-state index contributed by atoms with van der Waals surface area (Å²) in [5.74, 6) is -1.18. The molecule has 2 aliphatic heterocycles. The average molecular weight is 384 g/mol. The number of benzene rings is 1. The number of fused-ring (bicyclic) bond motifs is 1. The zero-order valence-corrected chi connectivity index (χ0v) is 15.6. The van der Waals surface area contributed by atoms with Crippen molar-refractivity contribution in [3.8, 4) is 0 Å². The summed E-state index contributed by atoms with van der Waals surface area (Å²) in [6.07, 6.45) is 3.05. The Bertz CT molecular complexity index is 854. The molecule has 0 bridgehead atoms. The molecule has 0 radical (unpaired) electrons. The SMILES string of the molecule is O=C(CN1C(=O)c2ccccc2C1=O)NCCc1csc(N2CCCC2)n1. The number of nitrogens with one attached hydrogen (secondary N) is 1. The number of nitrogens with zero attached hydrogens (tertiary/aromatic N) is 3. The molecule has 2 aliphatic rings. The Kier molecular flexibility index (Phi) is 4.89. The Morgan fingerprint density at radius 2 is 1.78 bits per heavy atom. The van der Waals surface area contributed by atoms with E-state index in [0.29, 0.717) is 24.1 Å². The van der Waals surface area contributed by atoms with Crippen LogP contribution in [0.5, 0.6) is 0 Å². The Morgan fingerprint density at radius 3 is 2.44 bits per heavy atom. The van der Waals surface area contributed by atoms with E-state index >= 15 is 0 Å². The molecule has 1 aromatic carbocycles. The van der Waals surface area contributed by atoms with Gasteiger partial charge in [0.25, 0.3) is 11.8 Å². The number of imide groups is 1. The van der Waals surface area contributed by atoms with Gasteiger partial charge in [0, 0.05) is 31.4 Å². The van der Waals surface area contributed by atoms with Crippen molar-refractivity contribution in [2.75, 3.05) is 31.1 Å². The summed E-state index contributed by atoms with van der Waals surface area (Å²) in [6, 6.07) is 6.62. The van der Waals surface area contributed by atoms with Gasteiger partial charge in [0.2, 0.25) is 5.91 Å². The topological polar surface area (TPSA) is 82.6 Å². The van der Waals surface area contributed by atoms with Crippen LogP contribution >= 0.6 is 11.3 Å². The lowest BCUT2D eigenvalue weighted by molar-refractivity contribution is -0.121. The van der Waals surface area contributed by atoms with Crippen LogP contribution in [-0.2, 0) is 11.2 Å². The lowest BCUT2D eigenvalue weighted by Gasteiger charge is -2.13. The first kappa shape index (κ1) is 17.7. The lowest BCUT2D eigenvalue weighted by atomic mass is 10.1. The van der Waals surface area contributed by atoms with Gasteiger partial charge in [-0.15, -0.1) is 11.3 Å². The second kappa shape index (κ2) is 7.48. The molecule has 1 fully saturated rings. The molecule has 4 rings (SSSR count). The molecule has 0 atom stereocenters. The Labute approximate surface area is 161 Å². The number of thiazole rings is 1. The summed E-state index contributed by atoms with van der Waals surface area (Å²) in [5, 5.41) is 5.83. The molecule has 0 aliphatic carbocycles. The molecule has 1 aromatic heterocycles. The van der Waals surface area contributed by atoms with Gasteiger partial charge in [-0.2, -0.15) is 0 Å². The zero-order chi connectivity index (χ0) is 18.8. The fourth-order valence-electron chi connectivity index (χ4n) is 3.38. The van der Waals surface area contributed by atoms with Crippen molar-refractivity contribution < 1.29 is 14.4 Å². The predicted octanol–water partition coefficient (Wildman–Crippen LogP) is 1.70. The smallest absolute Gasteiger partial charge is 0.262 e. The molecule has 1 N–H and O–H groups in total. The molecular weight excluding hydrogens is 364 g/mol. The molecule has 8 heteroatoms. The fourth-order valence-corrected chi connectivity index (χ4v) is 4.29. The van der Waals surface area contributed by atoms with Crippen molar-refractivity contribution in [1.29, 1.82) is 0 Å². The van der Waals surface area contributed by atoms with E-state index in [4.69, 9.17) is 0 Å². The number of carbonyl (C=O) groups is 3.